The standard InChI is InChI=1S/C23H27FN2O2/c1-16(2)28-22-6-4-3-5-18(22)15-25-12-11-20-21(25)13-23(27)26(20)14-17-7-9-19(24)10-8-17/h3-10,16,20-21H,11-15H2,1-2H3/t20-,21-/m0/s1. The van der Waals surface area contributed by atoms with Crippen molar-refractivity contribution in [3.63, 3.8) is 0 Å². The second-order valence-electron chi connectivity index (χ2n) is 8.02. The highest BCUT2D eigenvalue weighted by molar-refractivity contribution is 5.80. The second kappa shape index (κ2) is 7.92. The van der Waals surface area contributed by atoms with Crippen LogP contribution in [0.3, 0.4) is 0 Å². The van der Waals surface area contributed by atoms with Crippen LogP contribution in [0.25, 0.3) is 0 Å². The molecule has 0 N–H and O–H groups in total. The first-order chi connectivity index (χ1) is 13.5. The van der Waals surface area contributed by atoms with Gasteiger partial charge in [0.15, 0.2) is 0 Å². The van der Waals surface area contributed by atoms with Crippen LogP contribution < -0.4 is 4.74 Å². The van der Waals surface area contributed by atoms with Crippen molar-refractivity contribution in [1.82, 2.24) is 9.80 Å². The molecule has 0 saturated carbocycles. The Balaban J connectivity index is 1.46. The van der Waals surface area contributed by atoms with Gasteiger partial charge in [0.05, 0.1) is 6.10 Å². The summed E-state index contributed by atoms with van der Waals surface area (Å²) in [6, 6.07) is 15.1. The van der Waals surface area contributed by atoms with Crippen LogP contribution in [0.4, 0.5) is 4.39 Å². The molecule has 0 unspecified atom stereocenters. The number of para-hydroxylation sites is 1. The molecule has 2 aromatic carbocycles. The van der Waals surface area contributed by atoms with Crippen molar-refractivity contribution in [2.75, 3.05) is 6.54 Å². The number of hydrogen-bond donors (Lipinski definition) is 0. The monoisotopic (exact) mass is 382 g/mol. The highest BCUT2D eigenvalue weighted by Crippen LogP contribution is 2.35. The molecule has 2 saturated heterocycles. The minimum absolute atomic E-state index is 0.131. The smallest absolute Gasteiger partial charge is 0.224 e. The van der Waals surface area contributed by atoms with Crippen LogP contribution in [0, 0.1) is 5.82 Å². The fraction of sp³-hybridized carbons (Fsp3) is 0.435. The van der Waals surface area contributed by atoms with Gasteiger partial charge in [-0.3, -0.25) is 9.69 Å². The molecule has 2 atom stereocenters. The first-order valence-electron chi connectivity index (χ1n) is 10.0. The van der Waals surface area contributed by atoms with Gasteiger partial charge in [0, 0.05) is 43.7 Å². The SMILES string of the molecule is CC(C)Oc1ccccc1CN1CC[C@H]2[C@@H]1CC(=O)N2Cc1ccc(F)cc1. The number of amides is 1. The molecule has 2 fully saturated rings. The Kier molecular flexibility index (Phi) is 5.36. The van der Waals surface area contributed by atoms with Crippen molar-refractivity contribution in [1.29, 1.82) is 0 Å². The predicted octanol–water partition coefficient (Wildman–Crippen LogP) is 3.99. The number of fused-ring (bicyclic) bond motifs is 1. The van der Waals surface area contributed by atoms with E-state index in [0.717, 1.165) is 30.8 Å². The largest absolute Gasteiger partial charge is 0.491 e. The molecular formula is C23H27FN2O2. The van der Waals surface area contributed by atoms with Crippen molar-refractivity contribution in [2.24, 2.45) is 0 Å². The third kappa shape index (κ3) is 3.90. The molecule has 4 nitrogen and oxygen atoms in total. The van der Waals surface area contributed by atoms with Gasteiger partial charge in [0.25, 0.3) is 0 Å². The minimum atomic E-state index is -0.247. The van der Waals surface area contributed by atoms with Gasteiger partial charge in [-0.05, 0) is 44.0 Å². The van der Waals surface area contributed by atoms with E-state index in [2.05, 4.69) is 11.0 Å². The lowest BCUT2D eigenvalue weighted by molar-refractivity contribution is -0.129. The molecule has 0 aliphatic carbocycles. The van der Waals surface area contributed by atoms with E-state index in [1.165, 1.54) is 17.7 Å². The van der Waals surface area contributed by atoms with E-state index >= 15 is 0 Å². The Bertz CT molecular complexity index is 837. The number of likely N-dealkylation sites (tertiary alicyclic amines) is 2. The molecular weight excluding hydrogens is 355 g/mol. The summed E-state index contributed by atoms with van der Waals surface area (Å²) in [5.41, 5.74) is 2.14. The number of nitrogens with zero attached hydrogens (tertiary/aromatic N) is 2. The average Bonchev–Trinajstić information content (AvgIpc) is 3.18. The molecule has 0 radical (unpaired) electrons. The van der Waals surface area contributed by atoms with Crippen LogP contribution in [-0.2, 0) is 17.9 Å². The molecule has 0 bridgehead atoms. The zero-order valence-corrected chi connectivity index (χ0v) is 16.5. The molecule has 148 valence electrons. The summed E-state index contributed by atoms with van der Waals surface area (Å²) in [5.74, 6) is 0.868. The van der Waals surface area contributed by atoms with Crippen molar-refractivity contribution in [2.45, 2.75) is 58.0 Å². The summed E-state index contributed by atoms with van der Waals surface area (Å²) < 4.78 is 19.1. The Morgan fingerprint density at radius 1 is 1.07 bits per heavy atom. The maximum atomic E-state index is 13.2. The van der Waals surface area contributed by atoms with E-state index in [0.29, 0.717) is 13.0 Å². The second-order valence-corrected chi connectivity index (χ2v) is 8.02. The first-order valence-corrected chi connectivity index (χ1v) is 10.0. The average molecular weight is 382 g/mol. The van der Waals surface area contributed by atoms with Gasteiger partial charge >= 0.3 is 0 Å². The predicted molar refractivity (Wildman–Crippen MR) is 106 cm³/mol. The highest BCUT2D eigenvalue weighted by Gasteiger charge is 2.46. The van der Waals surface area contributed by atoms with Gasteiger partial charge in [0.2, 0.25) is 5.91 Å². The third-order valence-electron chi connectivity index (χ3n) is 5.70. The summed E-state index contributed by atoms with van der Waals surface area (Å²) in [7, 11) is 0. The molecule has 4 rings (SSSR count). The Hall–Kier alpha value is -2.40. The van der Waals surface area contributed by atoms with E-state index in [9.17, 15) is 9.18 Å². The molecule has 2 aromatic rings. The molecule has 28 heavy (non-hydrogen) atoms. The summed E-state index contributed by atoms with van der Waals surface area (Å²) in [6.45, 7) is 6.39. The van der Waals surface area contributed by atoms with Gasteiger partial charge in [-0.1, -0.05) is 30.3 Å². The van der Waals surface area contributed by atoms with Crippen LogP contribution in [0.15, 0.2) is 48.5 Å². The van der Waals surface area contributed by atoms with Crippen LogP contribution in [0.5, 0.6) is 5.75 Å². The van der Waals surface area contributed by atoms with Crippen LogP contribution in [0.2, 0.25) is 0 Å². The van der Waals surface area contributed by atoms with E-state index in [1.54, 1.807) is 12.1 Å². The Morgan fingerprint density at radius 2 is 1.82 bits per heavy atom. The maximum Gasteiger partial charge on any atom is 0.224 e. The van der Waals surface area contributed by atoms with Crippen LogP contribution in [0.1, 0.15) is 37.8 Å². The number of halogens is 1. The molecule has 0 aromatic heterocycles. The number of benzene rings is 2. The van der Waals surface area contributed by atoms with Crippen molar-refractivity contribution in [3.8, 4) is 5.75 Å². The fourth-order valence-electron chi connectivity index (χ4n) is 4.42. The zero-order valence-electron chi connectivity index (χ0n) is 16.5. The van der Waals surface area contributed by atoms with E-state index < -0.39 is 0 Å². The molecule has 1 amide bonds. The van der Waals surface area contributed by atoms with Gasteiger partial charge < -0.3 is 9.64 Å². The van der Waals surface area contributed by atoms with Gasteiger partial charge in [-0.2, -0.15) is 0 Å². The van der Waals surface area contributed by atoms with Gasteiger partial charge in [-0.25, -0.2) is 4.39 Å². The molecule has 0 spiro atoms. The minimum Gasteiger partial charge on any atom is -0.491 e. The molecule has 2 heterocycles. The number of hydrogen-bond acceptors (Lipinski definition) is 3. The number of carbonyl (C=O) groups excluding carboxylic acids is 1. The lowest BCUT2D eigenvalue weighted by atomic mass is 10.1. The normalized spacial score (nSPS) is 22.1. The summed E-state index contributed by atoms with van der Waals surface area (Å²) in [4.78, 5) is 17.1. The fourth-order valence-corrected chi connectivity index (χ4v) is 4.42. The molecule has 5 heteroatoms. The number of carbonyl (C=O) groups is 1. The summed E-state index contributed by atoms with van der Waals surface area (Å²) >= 11 is 0. The van der Waals surface area contributed by atoms with E-state index in [1.807, 2.05) is 36.9 Å². The first kappa shape index (κ1) is 18.9. The van der Waals surface area contributed by atoms with Gasteiger partial charge in [-0.15, -0.1) is 0 Å². The number of ether oxygens (including phenoxy) is 1. The maximum absolute atomic E-state index is 13.2. The summed E-state index contributed by atoms with van der Waals surface area (Å²) in [5, 5.41) is 0. The van der Waals surface area contributed by atoms with E-state index in [4.69, 9.17) is 4.74 Å². The number of rotatable bonds is 6. The van der Waals surface area contributed by atoms with E-state index in [-0.39, 0.29) is 29.9 Å². The zero-order chi connectivity index (χ0) is 19.7. The van der Waals surface area contributed by atoms with Crippen LogP contribution >= 0.6 is 0 Å². The lowest BCUT2D eigenvalue weighted by Crippen LogP contribution is -2.36. The van der Waals surface area contributed by atoms with Crippen molar-refractivity contribution in [3.05, 3.63) is 65.5 Å². The van der Waals surface area contributed by atoms with Crippen LogP contribution in [-0.4, -0.2) is 40.4 Å². The quantitative estimate of drug-likeness (QED) is 0.757. The van der Waals surface area contributed by atoms with Crippen molar-refractivity contribution < 1.29 is 13.9 Å². The van der Waals surface area contributed by atoms with Crippen molar-refractivity contribution >= 4 is 5.91 Å². The molecule has 2 aliphatic rings. The Labute approximate surface area is 165 Å². The summed E-state index contributed by atoms with van der Waals surface area (Å²) in [6.07, 6.45) is 1.66. The third-order valence-corrected chi connectivity index (χ3v) is 5.70. The lowest BCUT2D eigenvalue weighted by Gasteiger charge is -2.26. The Morgan fingerprint density at radius 3 is 2.57 bits per heavy atom. The molecule has 2 aliphatic heterocycles. The van der Waals surface area contributed by atoms with Gasteiger partial charge in [0.1, 0.15) is 11.6 Å². The highest BCUT2D eigenvalue weighted by atomic mass is 19.1. The topological polar surface area (TPSA) is 32.8 Å².